The van der Waals surface area contributed by atoms with Crippen molar-refractivity contribution in [1.29, 1.82) is 0 Å². The van der Waals surface area contributed by atoms with Gasteiger partial charge in [-0.1, -0.05) is 72.8 Å². The average Bonchev–Trinajstić information content (AvgIpc) is 3.68. The third-order valence-corrected chi connectivity index (χ3v) is 7.38. The molecule has 39 heavy (non-hydrogen) atoms. The second kappa shape index (κ2) is 13.0. The van der Waals surface area contributed by atoms with Crippen LogP contribution in [0.1, 0.15) is 46.5 Å². The molecule has 0 aliphatic carbocycles. The Bertz CT molecular complexity index is 1360. The summed E-state index contributed by atoms with van der Waals surface area (Å²) in [5, 5.41) is 9.50. The monoisotopic (exact) mass is 542 g/mol. The summed E-state index contributed by atoms with van der Waals surface area (Å²) in [4.78, 5) is 31.5. The molecule has 0 saturated carbocycles. The second-order valence-electron chi connectivity index (χ2n) is 9.19. The highest BCUT2D eigenvalue weighted by Gasteiger charge is 2.26. The van der Waals surface area contributed by atoms with Crippen LogP contribution in [0.3, 0.4) is 0 Å². The Labute approximate surface area is 231 Å². The van der Waals surface area contributed by atoms with Gasteiger partial charge in [0, 0.05) is 17.1 Å². The number of carbonyl (C=O) groups excluding carboxylic acids is 2. The number of alkyl carbamates (subject to hydrolysis) is 1. The molecule has 3 N–H and O–H groups in total. The quantitative estimate of drug-likeness (QED) is 0.236. The maximum atomic E-state index is 13.4. The van der Waals surface area contributed by atoms with Gasteiger partial charge in [-0.3, -0.25) is 10.1 Å². The summed E-state index contributed by atoms with van der Waals surface area (Å²) in [6, 6.07) is 25.6. The summed E-state index contributed by atoms with van der Waals surface area (Å²) >= 11 is 1.43. The molecule has 3 aromatic carbocycles. The Morgan fingerprint density at radius 2 is 1.64 bits per heavy atom. The van der Waals surface area contributed by atoms with Crippen molar-refractivity contribution in [2.24, 2.45) is 0 Å². The molecule has 1 fully saturated rings. The molecule has 9 heteroatoms. The number of benzene rings is 3. The van der Waals surface area contributed by atoms with Crippen molar-refractivity contribution in [1.82, 2.24) is 15.6 Å². The van der Waals surface area contributed by atoms with Crippen molar-refractivity contribution >= 4 is 28.5 Å². The minimum atomic E-state index is -0.992. The number of hydrogen-bond acceptors (Lipinski definition) is 7. The van der Waals surface area contributed by atoms with Crippen LogP contribution in [-0.2, 0) is 22.7 Å². The van der Waals surface area contributed by atoms with Gasteiger partial charge >= 0.3 is 6.09 Å². The van der Waals surface area contributed by atoms with Gasteiger partial charge < -0.3 is 20.1 Å². The lowest BCUT2D eigenvalue weighted by Gasteiger charge is -2.18. The molecule has 2 atom stereocenters. The van der Waals surface area contributed by atoms with Crippen molar-refractivity contribution in [3.05, 3.63) is 113 Å². The third-order valence-electron chi connectivity index (χ3n) is 6.36. The van der Waals surface area contributed by atoms with Gasteiger partial charge in [-0.15, -0.1) is 11.3 Å². The highest BCUT2D eigenvalue weighted by atomic mass is 32.1. The number of thiazole rings is 1. The summed E-state index contributed by atoms with van der Waals surface area (Å²) in [7, 11) is 0. The summed E-state index contributed by atoms with van der Waals surface area (Å²) in [6.45, 7) is 1.50. The van der Waals surface area contributed by atoms with Gasteiger partial charge in [0.15, 0.2) is 5.13 Å². The first-order valence-corrected chi connectivity index (χ1v) is 13.7. The van der Waals surface area contributed by atoms with Crippen molar-refractivity contribution in [2.45, 2.75) is 38.1 Å². The van der Waals surface area contributed by atoms with Crippen LogP contribution in [0.25, 0.3) is 0 Å². The zero-order valence-electron chi connectivity index (χ0n) is 21.3. The standard InChI is InChI=1S/C30H30N4O4S/c35-28(34-29-32-18-26(39-29)25-12-7-17-31-25)27(33-30(36)38-20-22-10-5-2-6-11-22)23-13-15-24(16-14-23)37-19-21-8-3-1-4-9-21/h1-6,8-11,13-16,18,25,27,31H,7,12,17,19-20H2,(H,33,36)(H,32,34,35)/t25-,27-/m1/s1. The number of nitrogens with one attached hydrogen (secondary N) is 3. The number of hydrogen-bond donors (Lipinski definition) is 3. The van der Waals surface area contributed by atoms with Gasteiger partial charge in [0.05, 0.1) is 0 Å². The molecule has 5 rings (SSSR count). The van der Waals surface area contributed by atoms with Crippen LogP contribution in [-0.4, -0.2) is 23.5 Å². The molecule has 0 spiro atoms. The normalized spacial score (nSPS) is 15.3. The van der Waals surface area contributed by atoms with E-state index in [9.17, 15) is 9.59 Å². The van der Waals surface area contributed by atoms with Crippen LogP contribution < -0.4 is 20.7 Å². The average molecular weight is 543 g/mol. The van der Waals surface area contributed by atoms with E-state index in [0.29, 0.717) is 23.1 Å². The van der Waals surface area contributed by atoms with E-state index in [0.717, 1.165) is 35.4 Å². The first-order chi connectivity index (χ1) is 19.1. The SMILES string of the molecule is O=C(N[C@@H](C(=O)Nc1ncc([C@H]2CCCN2)s1)c1ccc(OCc2ccccc2)cc1)OCc1ccccc1. The van der Waals surface area contributed by atoms with Gasteiger partial charge in [-0.05, 0) is 48.2 Å². The van der Waals surface area contributed by atoms with Crippen LogP contribution in [0.4, 0.5) is 9.93 Å². The van der Waals surface area contributed by atoms with Crippen LogP contribution >= 0.6 is 11.3 Å². The number of nitrogens with zero attached hydrogens (tertiary/aromatic N) is 1. The lowest BCUT2D eigenvalue weighted by atomic mass is 10.1. The van der Waals surface area contributed by atoms with Crippen molar-refractivity contribution in [2.75, 3.05) is 11.9 Å². The number of rotatable bonds is 10. The lowest BCUT2D eigenvalue weighted by molar-refractivity contribution is -0.118. The van der Waals surface area contributed by atoms with Gasteiger partial charge in [0.2, 0.25) is 0 Å². The van der Waals surface area contributed by atoms with Crippen molar-refractivity contribution in [3.63, 3.8) is 0 Å². The van der Waals surface area contributed by atoms with E-state index in [1.165, 1.54) is 11.3 Å². The molecule has 0 unspecified atom stereocenters. The molecular formula is C30H30N4O4S. The predicted octanol–water partition coefficient (Wildman–Crippen LogP) is 5.75. The Hall–Kier alpha value is -4.21. The maximum Gasteiger partial charge on any atom is 0.408 e. The molecule has 1 saturated heterocycles. The van der Waals surface area contributed by atoms with Gasteiger partial charge in [-0.25, -0.2) is 9.78 Å². The summed E-state index contributed by atoms with van der Waals surface area (Å²) in [6.07, 6.45) is 3.26. The van der Waals surface area contributed by atoms with E-state index in [1.807, 2.05) is 60.7 Å². The van der Waals surface area contributed by atoms with Crippen LogP contribution in [0.15, 0.2) is 91.1 Å². The molecule has 4 aromatic rings. The molecule has 1 aromatic heterocycles. The first-order valence-electron chi connectivity index (χ1n) is 12.9. The van der Waals surface area contributed by atoms with E-state index >= 15 is 0 Å². The van der Waals surface area contributed by atoms with Crippen molar-refractivity contribution in [3.8, 4) is 5.75 Å². The highest BCUT2D eigenvalue weighted by Crippen LogP contribution is 2.30. The smallest absolute Gasteiger partial charge is 0.408 e. The maximum absolute atomic E-state index is 13.4. The predicted molar refractivity (Wildman–Crippen MR) is 150 cm³/mol. The largest absolute Gasteiger partial charge is 0.489 e. The number of amides is 2. The number of carbonyl (C=O) groups is 2. The molecule has 1 aliphatic heterocycles. The minimum Gasteiger partial charge on any atom is -0.489 e. The van der Waals surface area contributed by atoms with E-state index in [-0.39, 0.29) is 12.6 Å². The van der Waals surface area contributed by atoms with E-state index in [2.05, 4.69) is 20.9 Å². The molecule has 8 nitrogen and oxygen atoms in total. The van der Waals surface area contributed by atoms with E-state index in [4.69, 9.17) is 9.47 Å². The topological polar surface area (TPSA) is 102 Å². The molecule has 2 amide bonds. The molecule has 0 bridgehead atoms. The van der Waals surface area contributed by atoms with Gasteiger partial charge in [-0.2, -0.15) is 0 Å². The number of aromatic nitrogens is 1. The molecule has 0 radical (unpaired) electrons. The minimum absolute atomic E-state index is 0.0947. The Kier molecular flexibility index (Phi) is 8.82. The van der Waals surface area contributed by atoms with Crippen LogP contribution in [0.5, 0.6) is 5.75 Å². The highest BCUT2D eigenvalue weighted by molar-refractivity contribution is 7.15. The second-order valence-corrected chi connectivity index (χ2v) is 10.3. The fourth-order valence-electron chi connectivity index (χ4n) is 4.29. The molecular weight excluding hydrogens is 512 g/mol. The van der Waals surface area contributed by atoms with Gasteiger partial charge in [0.25, 0.3) is 5.91 Å². The number of ether oxygens (including phenoxy) is 2. The summed E-state index contributed by atoms with van der Waals surface area (Å²) < 4.78 is 11.3. The Morgan fingerprint density at radius 3 is 2.31 bits per heavy atom. The first kappa shape index (κ1) is 26.4. The number of anilines is 1. The summed E-state index contributed by atoms with van der Waals surface area (Å²) in [5.74, 6) is 0.243. The van der Waals surface area contributed by atoms with E-state index in [1.54, 1.807) is 30.5 Å². The zero-order valence-corrected chi connectivity index (χ0v) is 22.2. The molecule has 2 heterocycles. The molecule has 1 aliphatic rings. The zero-order chi connectivity index (χ0) is 26.9. The molecule has 200 valence electrons. The van der Waals surface area contributed by atoms with E-state index < -0.39 is 18.0 Å². The van der Waals surface area contributed by atoms with Gasteiger partial charge in [0.1, 0.15) is 25.0 Å². The Balaban J connectivity index is 1.27. The Morgan fingerprint density at radius 1 is 0.949 bits per heavy atom. The van der Waals surface area contributed by atoms with Crippen molar-refractivity contribution < 1.29 is 19.1 Å². The fraction of sp³-hybridized carbons (Fsp3) is 0.233. The van der Waals surface area contributed by atoms with Crippen LogP contribution in [0.2, 0.25) is 0 Å². The third kappa shape index (κ3) is 7.43. The van der Waals surface area contributed by atoms with Crippen LogP contribution in [0, 0.1) is 0 Å². The fourth-order valence-corrected chi connectivity index (χ4v) is 5.22. The summed E-state index contributed by atoms with van der Waals surface area (Å²) in [5.41, 5.74) is 2.49. The lowest BCUT2D eigenvalue weighted by Crippen LogP contribution is -2.37.